The SMILES string of the molecule is CC1(C)Cc2cccc(OCC(=O)N3CCN(c4cnn(-c5ccccc5)c(=O)c4Cl)CC3)c2O1. The van der Waals surface area contributed by atoms with Gasteiger partial charge in [0.2, 0.25) is 0 Å². The second-order valence-electron chi connectivity index (χ2n) is 9.34. The molecule has 5 rings (SSSR count). The van der Waals surface area contributed by atoms with Crippen LogP contribution < -0.4 is 19.9 Å². The number of aromatic nitrogens is 2. The zero-order valence-corrected chi connectivity index (χ0v) is 20.5. The van der Waals surface area contributed by atoms with E-state index in [1.807, 2.05) is 55.1 Å². The average Bonchev–Trinajstić information content (AvgIpc) is 3.19. The predicted octanol–water partition coefficient (Wildman–Crippen LogP) is 3.33. The van der Waals surface area contributed by atoms with Crippen molar-refractivity contribution < 1.29 is 14.3 Å². The van der Waals surface area contributed by atoms with Crippen LogP contribution in [0.25, 0.3) is 5.69 Å². The summed E-state index contributed by atoms with van der Waals surface area (Å²) in [6.07, 6.45) is 2.41. The number of para-hydroxylation sites is 2. The number of halogens is 1. The maximum atomic E-state index is 12.8. The summed E-state index contributed by atoms with van der Waals surface area (Å²) in [6, 6.07) is 14.9. The molecule has 1 amide bonds. The van der Waals surface area contributed by atoms with Crippen molar-refractivity contribution in [3.05, 3.63) is 75.7 Å². The van der Waals surface area contributed by atoms with Crippen molar-refractivity contribution in [3.8, 4) is 17.2 Å². The van der Waals surface area contributed by atoms with E-state index in [0.29, 0.717) is 43.3 Å². The second kappa shape index (κ2) is 9.26. The van der Waals surface area contributed by atoms with E-state index < -0.39 is 0 Å². The molecule has 0 radical (unpaired) electrons. The maximum Gasteiger partial charge on any atom is 0.292 e. The molecule has 0 saturated carbocycles. The van der Waals surface area contributed by atoms with Crippen LogP contribution in [-0.2, 0) is 11.2 Å². The van der Waals surface area contributed by atoms with E-state index in [9.17, 15) is 9.59 Å². The predicted molar refractivity (Wildman–Crippen MR) is 134 cm³/mol. The summed E-state index contributed by atoms with van der Waals surface area (Å²) >= 11 is 6.44. The molecule has 3 heterocycles. The summed E-state index contributed by atoms with van der Waals surface area (Å²) in [5.74, 6) is 1.22. The molecule has 0 unspecified atom stereocenters. The molecule has 0 spiro atoms. The first-order valence-corrected chi connectivity index (χ1v) is 12.0. The maximum absolute atomic E-state index is 12.8. The number of piperazine rings is 1. The average molecular weight is 495 g/mol. The lowest BCUT2D eigenvalue weighted by Gasteiger charge is -2.36. The lowest BCUT2D eigenvalue weighted by molar-refractivity contribution is -0.133. The topological polar surface area (TPSA) is 76.9 Å². The Labute approximate surface area is 208 Å². The fraction of sp³-hybridized carbons (Fsp3) is 0.346. The Bertz CT molecular complexity index is 1300. The Morgan fingerprint density at radius 2 is 1.83 bits per heavy atom. The molecular weight excluding hydrogens is 468 g/mol. The standard InChI is InChI=1S/C26H27ClN4O4/c1-26(2)15-18-7-6-10-21(24(18)35-26)34-17-22(32)30-13-11-29(12-14-30)20-16-28-31(25(33)23(20)27)19-8-4-3-5-9-19/h3-10,16H,11-15,17H2,1-2H3. The lowest BCUT2D eigenvalue weighted by Crippen LogP contribution is -2.50. The van der Waals surface area contributed by atoms with Gasteiger partial charge in [0.15, 0.2) is 18.1 Å². The molecule has 0 atom stereocenters. The van der Waals surface area contributed by atoms with Crippen LogP contribution >= 0.6 is 11.6 Å². The highest BCUT2D eigenvalue weighted by Gasteiger charge is 2.32. The summed E-state index contributed by atoms with van der Waals surface area (Å²) in [5.41, 5.74) is 1.67. The Balaban J connectivity index is 1.20. The monoisotopic (exact) mass is 494 g/mol. The summed E-state index contributed by atoms with van der Waals surface area (Å²) in [7, 11) is 0. The zero-order valence-electron chi connectivity index (χ0n) is 19.7. The first-order chi connectivity index (χ1) is 16.8. The summed E-state index contributed by atoms with van der Waals surface area (Å²) in [6.45, 7) is 6.09. The fourth-order valence-corrected chi connectivity index (χ4v) is 4.77. The number of rotatable bonds is 5. The zero-order chi connectivity index (χ0) is 24.6. The fourth-order valence-electron chi connectivity index (χ4n) is 4.53. The van der Waals surface area contributed by atoms with Crippen LogP contribution in [0.1, 0.15) is 19.4 Å². The Hall–Kier alpha value is -3.52. The normalized spacial score (nSPS) is 16.5. The van der Waals surface area contributed by atoms with Crippen LogP contribution in [0.4, 0.5) is 5.69 Å². The van der Waals surface area contributed by atoms with E-state index in [0.717, 1.165) is 17.7 Å². The van der Waals surface area contributed by atoms with E-state index in [2.05, 4.69) is 5.10 Å². The van der Waals surface area contributed by atoms with E-state index in [4.69, 9.17) is 21.1 Å². The van der Waals surface area contributed by atoms with Crippen molar-refractivity contribution >= 4 is 23.2 Å². The molecule has 2 aliphatic heterocycles. The van der Waals surface area contributed by atoms with Crippen LogP contribution in [-0.4, -0.2) is 59.0 Å². The third-order valence-electron chi connectivity index (χ3n) is 6.28. The van der Waals surface area contributed by atoms with Gasteiger partial charge >= 0.3 is 0 Å². The smallest absolute Gasteiger partial charge is 0.292 e. The van der Waals surface area contributed by atoms with Gasteiger partial charge in [0.05, 0.1) is 17.6 Å². The minimum atomic E-state index is -0.372. The number of fused-ring (bicyclic) bond motifs is 1. The van der Waals surface area contributed by atoms with Gasteiger partial charge in [-0.3, -0.25) is 9.59 Å². The molecule has 1 aromatic heterocycles. The van der Waals surface area contributed by atoms with Gasteiger partial charge in [-0.15, -0.1) is 0 Å². The third kappa shape index (κ3) is 4.71. The van der Waals surface area contributed by atoms with Crippen LogP contribution in [0.3, 0.4) is 0 Å². The van der Waals surface area contributed by atoms with E-state index in [-0.39, 0.29) is 28.7 Å². The number of anilines is 1. The molecule has 3 aromatic rings. The minimum absolute atomic E-state index is 0.0598. The largest absolute Gasteiger partial charge is 0.483 e. The Kier molecular flexibility index (Phi) is 6.15. The molecule has 0 bridgehead atoms. The first-order valence-electron chi connectivity index (χ1n) is 11.6. The summed E-state index contributed by atoms with van der Waals surface area (Å²) in [5, 5.41) is 4.42. The molecule has 35 heavy (non-hydrogen) atoms. The van der Waals surface area contributed by atoms with Gasteiger partial charge in [0.25, 0.3) is 11.5 Å². The van der Waals surface area contributed by atoms with Crippen molar-refractivity contribution in [2.45, 2.75) is 25.9 Å². The van der Waals surface area contributed by atoms with Gasteiger partial charge in [-0.25, -0.2) is 0 Å². The van der Waals surface area contributed by atoms with Gasteiger partial charge in [0.1, 0.15) is 10.6 Å². The first kappa shape index (κ1) is 23.2. The quantitative estimate of drug-likeness (QED) is 0.541. The van der Waals surface area contributed by atoms with Crippen molar-refractivity contribution in [1.82, 2.24) is 14.7 Å². The van der Waals surface area contributed by atoms with Crippen molar-refractivity contribution in [3.63, 3.8) is 0 Å². The Morgan fingerprint density at radius 1 is 1.09 bits per heavy atom. The van der Waals surface area contributed by atoms with Crippen LogP contribution in [0.15, 0.2) is 59.5 Å². The van der Waals surface area contributed by atoms with Crippen LogP contribution in [0.5, 0.6) is 11.5 Å². The van der Waals surface area contributed by atoms with E-state index >= 15 is 0 Å². The number of carbonyl (C=O) groups excluding carboxylic acids is 1. The molecular formula is C26H27ClN4O4. The van der Waals surface area contributed by atoms with Crippen LogP contribution in [0.2, 0.25) is 5.02 Å². The van der Waals surface area contributed by atoms with Crippen molar-refractivity contribution in [2.75, 3.05) is 37.7 Å². The number of benzene rings is 2. The molecule has 0 N–H and O–H groups in total. The molecule has 1 saturated heterocycles. The van der Waals surface area contributed by atoms with Gasteiger partial charge in [-0.05, 0) is 32.0 Å². The molecule has 182 valence electrons. The number of hydrogen-bond acceptors (Lipinski definition) is 6. The van der Waals surface area contributed by atoms with Crippen LogP contribution in [0, 0.1) is 0 Å². The summed E-state index contributed by atoms with van der Waals surface area (Å²) in [4.78, 5) is 29.4. The summed E-state index contributed by atoms with van der Waals surface area (Å²) < 4.78 is 13.2. The lowest BCUT2D eigenvalue weighted by atomic mass is 10.0. The van der Waals surface area contributed by atoms with Crippen molar-refractivity contribution in [2.24, 2.45) is 0 Å². The molecule has 8 nitrogen and oxygen atoms in total. The third-order valence-corrected chi connectivity index (χ3v) is 6.64. The van der Waals surface area contributed by atoms with Gasteiger partial charge in [0, 0.05) is 38.2 Å². The number of nitrogens with zero attached hydrogens (tertiary/aromatic N) is 4. The minimum Gasteiger partial charge on any atom is -0.483 e. The van der Waals surface area contributed by atoms with Gasteiger partial charge < -0.3 is 19.3 Å². The molecule has 2 aromatic carbocycles. The Morgan fingerprint density at radius 3 is 2.57 bits per heavy atom. The second-order valence-corrected chi connectivity index (χ2v) is 9.71. The van der Waals surface area contributed by atoms with E-state index in [1.165, 1.54) is 4.68 Å². The highest BCUT2D eigenvalue weighted by Crippen LogP contribution is 2.41. The van der Waals surface area contributed by atoms with Gasteiger partial charge in [-0.2, -0.15) is 9.78 Å². The van der Waals surface area contributed by atoms with E-state index in [1.54, 1.807) is 23.2 Å². The number of hydrogen-bond donors (Lipinski definition) is 0. The number of ether oxygens (including phenoxy) is 2. The molecule has 0 aliphatic carbocycles. The highest BCUT2D eigenvalue weighted by atomic mass is 35.5. The number of carbonyl (C=O) groups is 1. The number of amides is 1. The van der Waals surface area contributed by atoms with Gasteiger partial charge in [-0.1, -0.05) is 41.9 Å². The molecule has 2 aliphatic rings. The van der Waals surface area contributed by atoms with Crippen molar-refractivity contribution in [1.29, 1.82) is 0 Å². The highest BCUT2D eigenvalue weighted by molar-refractivity contribution is 6.33. The molecule has 9 heteroatoms. The molecule has 1 fully saturated rings.